The number of nitrogens with one attached hydrogen (secondary N) is 1. The number of hydrogen-bond acceptors (Lipinski definition) is 4. The molecule has 0 saturated carbocycles. The number of phenols is 1. The Bertz CT molecular complexity index is 872. The molecule has 7 heteroatoms. The van der Waals surface area contributed by atoms with Crippen LogP contribution >= 0.6 is 23.2 Å². The van der Waals surface area contributed by atoms with Crippen LogP contribution in [0.2, 0.25) is 10.0 Å². The smallest absolute Gasteiger partial charge is 0.355 e. The van der Waals surface area contributed by atoms with Gasteiger partial charge in [0.05, 0.1) is 16.6 Å². The minimum absolute atomic E-state index is 0.0153. The molecule has 0 aliphatic carbocycles. The van der Waals surface area contributed by atoms with E-state index in [0.717, 1.165) is 5.56 Å². The van der Waals surface area contributed by atoms with Crippen LogP contribution < -0.4 is 9.88 Å². The van der Waals surface area contributed by atoms with Crippen LogP contribution in [0, 0.1) is 6.92 Å². The van der Waals surface area contributed by atoms with Gasteiger partial charge in [0.2, 0.25) is 12.2 Å². The van der Waals surface area contributed by atoms with Crippen LogP contribution in [0.15, 0.2) is 48.8 Å². The van der Waals surface area contributed by atoms with Crippen LogP contribution in [0.4, 0.5) is 5.95 Å². The van der Waals surface area contributed by atoms with Crippen LogP contribution in [0.1, 0.15) is 11.4 Å². The van der Waals surface area contributed by atoms with E-state index in [9.17, 15) is 5.11 Å². The van der Waals surface area contributed by atoms with Crippen molar-refractivity contribution in [3.05, 3.63) is 70.2 Å². The zero-order valence-corrected chi connectivity index (χ0v) is 14.4. The molecule has 0 aliphatic heterocycles. The molecule has 3 rings (SSSR count). The van der Waals surface area contributed by atoms with Crippen molar-refractivity contribution in [1.29, 1.82) is 0 Å². The van der Waals surface area contributed by atoms with Gasteiger partial charge in [0.15, 0.2) is 0 Å². The van der Waals surface area contributed by atoms with Crippen molar-refractivity contribution < 1.29 is 9.67 Å². The average molecular weight is 362 g/mol. The molecular formula is C17H15Cl2N4O+. The van der Waals surface area contributed by atoms with Gasteiger partial charge in [0, 0.05) is 19.1 Å². The van der Waals surface area contributed by atoms with Crippen molar-refractivity contribution in [3.8, 4) is 11.4 Å². The van der Waals surface area contributed by atoms with E-state index in [1.807, 2.05) is 30.3 Å². The molecule has 122 valence electrons. The maximum Gasteiger partial charge on any atom is 0.355 e. The second-order valence-electron chi connectivity index (χ2n) is 5.20. The number of rotatable bonds is 4. The number of hydrogen-bond donors (Lipinski definition) is 2. The van der Waals surface area contributed by atoms with E-state index in [1.165, 1.54) is 12.1 Å². The lowest BCUT2D eigenvalue weighted by Gasteiger charge is -2.10. The van der Waals surface area contributed by atoms with Crippen LogP contribution in [0.3, 0.4) is 0 Å². The summed E-state index contributed by atoms with van der Waals surface area (Å²) in [4.78, 5) is 8.62. The molecule has 24 heavy (non-hydrogen) atoms. The molecule has 0 atom stereocenters. The van der Waals surface area contributed by atoms with Gasteiger partial charge in [-0.3, -0.25) is 5.32 Å². The summed E-state index contributed by atoms with van der Waals surface area (Å²) >= 11 is 12.3. The molecule has 2 aromatic carbocycles. The van der Waals surface area contributed by atoms with E-state index < -0.39 is 0 Å². The summed E-state index contributed by atoms with van der Waals surface area (Å²) in [6, 6.07) is 12.9. The number of aryl methyl sites for hydroxylation is 1. The summed E-state index contributed by atoms with van der Waals surface area (Å²) in [5.74, 6) is 1.18. The first-order valence-corrected chi connectivity index (χ1v) is 8.01. The molecule has 2 N–H and O–H groups in total. The average Bonchev–Trinajstić information content (AvgIpc) is 2.57. The summed E-state index contributed by atoms with van der Waals surface area (Å²) in [5, 5.41) is 13.7. The number of aromatic nitrogens is 3. The monoisotopic (exact) mass is 361 g/mol. The minimum Gasteiger partial charge on any atom is -0.508 e. The summed E-state index contributed by atoms with van der Waals surface area (Å²) < 4.78 is 1.66. The summed E-state index contributed by atoms with van der Waals surface area (Å²) in [5.41, 5.74) is 1.61. The molecule has 1 aromatic heterocycles. The Morgan fingerprint density at radius 1 is 1.17 bits per heavy atom. The van der Waals surface area contributed by atoms with Crippen molar-refractivity contribution in [2.24, 2.45) is 0 Å². The van der Waals surface area contributed by atoms with Crippen molar-refractivity contribution in [2.45, 2.75) is 13.5 Å². The maximum atomic E-state index is 9.82. The molecule has 0 bridgehead atoms. The third-order valence-electron chi connectivity index (χ3n) is 3.40. The number of anilines is 1. The Labute approximate surface area is 149 Å². The van der Waals surface area contributed by atoms with Gasteiger partial charge in [-0.05, 0) is 5.56 Å². The Morgan fingerprint density at radius 3 is 2.67 bits per heavy atom. The normalized spacial score (nSPS) is 10.6. The highest BCUT2D eigenvalue weighted by Gasteiger charge is 2.18. The SMILES string of the molecule is Cc1nc[n+](-c2cc(O)cc(Cl)c2Cl)c(NCc2ccccc2)n1. The summed E-state index contributed by atoms with van der Waals surface area (Å²) in [7, 11) is 0. The Balaban J connectivity index is 2.00. The first kappa shape index (κ1) is 16.5. The van der Waals surface area contributed by atoms with Crippen molar-refractivity contribution in [2.75, 3.05) is 5.32 Å². The van der Waals surface area contributed by atoms with Crippen LogP contribution in [-0.4, -0.2) is 15.1 Å². The van der Waals surface area contributed by atoms with E-state index in [2.05, 4.69) is 15.3 Å². The molecule has 5 nitrogen and oxygen atoms in total. The second-order valence-corrected chi connectivity index (χ2v) is 5.98. The maximum absolute atomic E-state index is 9.82. The lowest BCUT2D eigenvalue weighted by atomic mass is 10.2. The highest BCUT2D eigenvalue weighted by Crippen LogP contribution is 2.30. The molecule has 1 heterocycles. The lowest BCUT2D eigenvalue weighted by molar-refractivity contribution is -0.587. The number of benzene rings is 2. The summed E-state index contributed by atoms with van der Waals surface area (Å²) in [6.45, 7) is 2.39. The molecule has 0 aliphatic rings. The fourth-order valence-corrected chi connectivity index (χ4v) is 2.65. The van der Waals surface area contributed by atoms with Gasteiger partial charge >= 0.3 is 5.95 Å². The van der Waals surface area contributed by atoms with Crippen molar-refractivity contribution in [1.82, 2.24) is 9.97 Å². The largest absolute Gasteiger partial charge is 0.508 e. The Morgan fingerprint density at radius 2 is 1.92 bits per heavy atom. The molecule has 0 fully saturated rings. The zero-order valence-electron chi connectivity index (χ0n) is 12.9. The van der Waals surface area contributed by atoms with Crippen LogP contribution in [-0.2, 0) is 6.54 Å². The third kappa shape index (κ3) is 3.58. The van der Waals surface area contributed by atoms with Crippen LogP contribution in [0.5, 0.6) is 5.75 Å². The quantitative estimate of drug-likeness (QED) is 0.695. The number of phenolic OH excluding ortho intramolecular Hbond substituents is 1. The molecule has 0 amide bonds. The van der Waals surface area contributed by atoms with Crippen molar-refractivity contribution in [3.63, 3.8) is 0 Å². The van der Waals surface area contributed by atoms with E-state index >= 15 is 0 Å². The number of halogens is 2. The van der Waals surface area contributed by atoms with E-state index in [1.54, 1.807) is 17.8 Å². The fraction of sp³-hybridized carbons (Fsp3) is 0.118. The molecule has 0 radical (unpaired) electrons. The van der Waals surface area contributed by atoms with Crippen molar-refractivity contribution >= 4 is 29.2 Å². The van der Waals surface area contributed by atoms with E-state index in [0.29, 0.717) is 29.0 Å². The van der Waals surface area contributed by atoms with Gasteiger partial charge in [-0.25, -0.2) is 0 Å². The topological polar surface area (TPSA) is 61.9 Å². The van der Waals surface area contributed by atoms with E-state index in [4.69, 9.17) is 23.2 Å². The Hall–Kier alpha value is -2.37. The standard InChI is InChI=1S/C17H14Cl2N4O/c1-11-21-10-23(15-8-13(24)7-14(18)16(15)19)17(22-11)20-9-12-5-3-2-4-6-12/h2-8,10,24H,9H2,1H3/p+1. The second kappa shape index (κ2) is 7.03. The van der Waals surface area contributed by atoms with Crippen LogP contribution in [0.25, 0.3) is 5.69 Å². The molecule has 0 spiro atoms. The molecular weight excluding hydrogens is 347 g/mol. The predicted molar refractivity (Wildman–Crippen MR) is 93.8 cm³/mol. The van der Waals surface area contributed by atoms with Gasteiger partial charge in [0.25, 0.3) is 0 Å². The lowest BCUT2D eigenvalue weighted by Crippen LogP contribution is -2.37. The highest BCUT2D eigenvalue weighted by atomic mass is 35.5. The molecule has 3 aromatic rings. The first-order valence-electron chi connectivity index (χ1n) is 7.26. The minimum atomic E-state index is 0.0153. The highest BCUT2D eigenvalue weighted by molar-refractivity contribution is 6.43. The first-order chi connectivity index (χ1) is 11.5. The summed E-state index contributed by atoms with van der Waals surface area (Å²) in [6.07, 6.45) is 1.59. The number of aromatic hydroxyl groups is 1. The molecule has 0 saturated heterocycles. The zero-order chi connectivity index (χ0) is 17.1. The number of nitrogens with zero attached hydrogens (tertiary/aromatic N) is 3. The van der Waals surface area contributed by atoms with Gasteiger partial charge in [0.1, 0.15) is 11.4 Å². The van der Waals surface area contributed by atoms with Gasteiger partial charge in [-0.15, -0.1) is 4.98 Å². The van der Waals surface area contributed by atoms with Gasteiger partial charge in [-0.1, -0.05) is 58.5 Å². The van der Waals surface area contributed by atoms with Gasteiger partial charge < -0.3 is 5.11 Å². The molecule has 0 unspecified atom stereocenters. The predicted octanol–water partition coefficient (Wildman–Crippen LogP) is 3.69. The van der Waals surface area contributed by atoms with E-state index in [-0.39, 0.29) is 10.8 Å². The fourth-order valence-electron chi connectivity index (χ4n) is 2.25. The third-order valence-corrected chi connectivity index (χ3v) is 4.19. The Kier molecular flexibility index (Phi) is 4.83. The van der Waals surface area contributed by atoms with Gasteiger partial charge in [-0.2, -0.15) is 4.57 Å².